The maximum atomic E-state index is 4.53. The molecule has 1 aromatic rings. The Kier molecular flexibility index (Phi) is 10.8. The third kappa shape index (κ3) is 7.51. The van der Waals surface area contributed by atoms with Gasteiger partial charge in [0.25, 0.3) is 0 Å². The zero-order valence-corrected chi connectivity index (χ0v) is 14.8. The van der Waals surface area contributed by atoms with E-state index in [1.54, 1.807) is 11.3 Å². The molecule has 1 rings (SSSR count). The van der Waals surface area contributed by atoms with Gasteiger partial charge in [-0.15, -0.1) is 41.9 Å². The van der Waals surface area contributed by atoms with Gasteiger partial charge in [0.15, 0.2) is 5.96 Å². The highest BCUT2D eigenvalue weighted by Gasteiger charge is 2.00. The molecule has 1 aromatic heterocycles. The Morgan fingerprint density at radius 2 is 2.26 bits per heavy atom. The molecule has 0 bridgehead atoms. The number of nitrogens with one attached hydrogen (secondary N) is 2. The van der Waals surface area contributed by atoms with E-state index in [0.29, 0.717) is 0 Å². The molecule has 108 valence electrons. The first-order chi connectivity index (χ1) is 8.80. The highest BCUT2D eigenvalue weighted by Crippen LogP contribution is 2.10. The van der Waals surface area contributed by atoms with E-state index in [-0.39, 0.29) is 24.0 Å². The molecule has 0 fully saturated rings. The van der Waals surface area contributed by atoms with E-state index in [2.05, 4.69) is 46.4 Å². The van der Waals surface area contributed by atoms with Crippen molar-refractivity contribution in [2.45, 2.75) is 26.7 Å². The molecule has 0 radical (unpaired) electrons. The molecule has 0 atom stereocenters. The zero-order chi connectivity index (χ0) is 13.2. The molecule has 0 aliphatic carbocycles. The summed E-state index contributed by atoms with van der Waals surface area (Å²) in [7, 11) is 0. The minimum atomic E-state index is 0. The van der Waals surface area contributed by atoms with Crippen molar-refractivity contribution in [1.82, 2.24) is 15.6 Å². The van der Waals surface area contributed by atoms with E-state index in [4.69, 9.17) is 0 Å². The highest BCUT2D eigenvalue weighted by atomic mass is 127. The van der Waals surface area contributed by atoms with Crippen molar-refractivity contribution in [1.29, 1.82) is 0 Å². The Labute approximate surface area is 136 Å². The van der Waals surface area contributed by atoms with Crippen LogP contribution < -0.4 is 10.6 Å². The molecule has 4 nitrogen and oxygen atoms in total. The Balaban J connectivity index is 0.00000324. The molecule has 19 heavy (non-hydrogen) atoms. The molecule has 0 spiro atoms. The second-order valence-corrected chi connectivity index (χ2v) is 4.71. The monoisotopic (exact) mass is 394 g/mol. The summed E-state index contributed by atoms with van der Waals surface area (Å²) in [6, 6.07) is 0. The predicted molar refractivity (Wildman–Crippen MR) is 94.8 cm³/mol. The summed E-state index contributed by atoms with van der Waals surface area (Å²) in [5.41, 5.74) is 1.14. The topological polar surface area (TPSA) is 49.3 Å². The Morgan fingerprint density at radius 1 is 1.47 bits per heavy atom. The van der Waals surface area contributed by atoms with Crippen molar-refractivity contribution in [2.75, 3.05) is 19.6 Å². The van der Waals surface area contributed by atoms with Crippen molar-refractivity contribution < 1.29 is 0 Å². The van der Waals surface area contributed by atoms with Gasteiger partial charge in [-0.2, -0.15) is 0 Å². The first-order valence-corrected chi connectivity index (χ1v) is 7.24. The minimum Gasteiger partial charge on any atom is -0.357 e. The normalized spacial score (nSPS) is 10.7. The highest BCUT2D eigenvalue weighted by molar-refractivity contribution is 14.0. The van der Waals surface area contributed by atoms with Crippen LogP contribution in [0.5, 0.6) is 0 Å². The lowest BCUT2D eigenvalue weighted by atomic mass is 10.3. The minimum absolute atomic E-state index is 0. The van der Waals surface area contributed by atoms with Crippen molar-refractivity contribution in [3.8, 4) is 0 Å². The molecule has 0 amide bonds. The molecule has 0 saturated carbocycles. The number of aromatic nitrogens is 1. The van der Waals surface area contributed by atoms with Gasteiger partial charge in [-0.3, -0.25) is 4.99 Å². The van der Waals surface area contributed by atoms with E-state index in [1.807, 2.05) is 6.08 Å². The van der Waals surface area contributed by atoms with Crippen LogP contribution in [-0.2, 0) is 12.8 Å². The SMILES string of the molecule is C=CCNC(=NCCc1csc(CC)n1)NCC.I. The van der Waals surface area contributed by atoms with E-state index < -0.39 is 0 Å². The molecular weight excluding hydrogens is 371 g/mol. The standard InChI is InChI=1S/C13H22N4S.HI/c1-4-8-15-13(14-6-3)16-9-7-11-10-18-12(5-2)17-11;/h4,10H,1,5-9H2,2-3H3,(H2,14,15,16);1H. The molecular formula is C13H23IN4S. The van der Waals surface area contributed by atoms with Crippen LogP contribution in [0, 0.1) is 0 Å². The fourth-order valence-electron chi connectivity index (χ4n) is 1.42. The average molecular weight is 394 g/mol. The molecule has 0 unspecified atom stereocenters. The number of aryl methyl sites for hydroxylation is 1. The summed E-state index contributed by atoms with van der Waals surface area (Å²) in [6.07, 6.45) is 3.72. The molecule has 2 N–H and O–H groups in total. The second-order valence-electron chi connectivity index (χ2n) is 3.77. The number of hydrogen-bond acceptors (Lipinski definition) is 3. The van der Waals surface area contributed by atoms with Crippen LogP contribution in [0.4, 0.5) is 0 Å². The van der Waals surface area contributed by atoms with Crippen molar-refractivity contribution >= 4 is 41.3 Å². The van der Waals surface area contributed by atoms with E-state index in [0.717, 1.165) is 44.1 Å². The third-order valence-corrected chi connectivity index (χ3v) is 3.34. The van der Waals surface area contributed by atoms with Gasteiger partial charge >= 0.3 is 0 Å². The molecule has 0 saturated heterocycles. The van der Waals surface area contributed by atoms with Gasteiger partial charge in [-0.1, -0.05) is 13.0 Å². The fraction of sp³-hybridized carbons (Fsp3) is 0.538. The van der Waals surface area contributed by atoms with Gasteiger partial charge in [0, 0.05) is 31.4 Å². The van der Waals surface area contributed by atoms with Crippen molar-refractivity contribution in [3.05, 3.63) is 28.7 Å². The molecule has 0 aliphatic heterocycles. The van der Waals surface area contributed by atoms with Gasteiger partial charge < -0.3 is 10.6 Å². The summed E-state index contributed by atoms with van der Waals surface area (Å²) in [6.45, 7) is 10.2. The van der Waals surface area contributed by atoms with Gasteiger partial charge in [-0.25, -0.2) is 4.98 Å². The average Bonchev–Trinajstić information content (AvgIpc) is 2.84. The number of thiazole rings is 1. The van der Waals surface area contributed by atoms with E-state index >= 15 is 0 Å². The largest absolute Gasteiger partial charge is 0.357 e. The van der Waals surface area contributed by atoms with Gasteiger partial charge in [0.05, 0.1) is 10.7 Å². The van der Waals surface area contributed by atoms with Crippen LogP contribution in [0.15, 0.2) is 23.0 Å². The van der Waals surface area contributed by atoms with Gasteiger partial charge in [0.2, 0.25) is 0 Å². The summed E-state index contributed by atoms with van der Waals surface area (Å²) in [4.78, 5) is 9.02. The summed E-state index contributed by atoms with van der Waals surface area (Å²) >= 11 is 1.73. The zero-order valence-electron chi connectivity index (χ0n) is 11.6. The van der Waals surface area contributed by atoms with Gasteiger partial charge in [-0.05, 0) is 13.3 Å². The number of halogens is 1. The lowest BCUT2D eigenvalue weighted by Gasteiger charge is -2.08. The lowest BCUT2D eigenvalue weighted by molar-refractivity contribution is 0.843. The van der Waals surface area contributed by atoms with Gasteiger partial charge in [0.1, 0.15) is 0 Å². The molecule has 1 heterocycles. The first-order valence-electron chi connectivity index (χ1n) is 6.36. The van der Waals surface area contributed by atoms with Crippen LogP contribution in [0.25, 0.3) is 0 Å². The maximum absolute atomic E-state index is 4.53. The van der Waals surface area contributed by atoms with E-state index in [9.17, 15) is 0 Å². The summed E-state index contributed by atoms with van der Waals surface area (Å²) in [5.74, 6) is 0.836. The van der Waals surface area contributed by atoms with Crippen molar-refractivity contribution in [3.63, 3.8) is 0 Å². The van der Waals surface area contributed by atoms with Crippen molar-refractivity contribution in [2.24, 2.45) is 4.99 Å². The third-order valence-electron chi connectivity index (χ3n) is 2.30. The fourth-order valence-corrected chi connectivity index (χ4v) is 2.20. The quantitative estimate of drug-likeness (QED) is 0.324. The second kappa shape index (κ2) is 11.2. The number of hydrogen-bond donors (Lipinski definition) is 2. The number of nitrogens with zero attached hydrogens (tertiary/aromatic N) is 2. The van der Waals surface area contributed by atoms with Crippen LogP contribution >= 0.6 is 35.3 Å². The van der Waals surface area contributed by atoms with Crippen LogP contribution in [0.1, 0.15) is 24.5 Å². The number of guanidine groups is 1. The molecule has 0 aliphatic rings. The number of aliphatic imine (C=N–C) groups is 1. The predicted octanol–water partition coefficient (Wildman–Crippen LogP) is 2.61. The Hall–Kier alpha value is -0.630. The number of rotatable bonds is 7. The van der Waals surface area contributed by atoms with Crippen LogP contribution in [0.3, 0.4) is 0 Å². The lowest BCUT2D eigenvalue weighted by Crippen LogP contribution is -2.37. The molecule has 0 aromatic carbocycles. The summed E-state index contributed by atoms with van der Waals surface area (Å²) in [5, 5.41) is 9.69. The maximum Gasteiger partial charge on any atom is 0.191 e. The van der Waals surface area contributed by atoms with Crippen LogP contribution in [-0.4, -0.2) is 30.6 Å². The Morgan fingerprint density at radius 3 is 2.84 bits per heavy atom. The first kappa shape index (κ1) is 18.4. The summed E-state index contributed by atoms with van der Waals surface area (Å²) < 4.78 is 0. The van der Waals surface area contributed by atoms with Crippen LogP contribution in [0.2, 0.25) is 0 Å². The van der Waals surface area contributed by atoms with E-state index in [1.165, 1.54) is 5.01 Å². The Bertz CT molecular complexity index is 390. The molecule has 6 heteroatoms. The smallest absolute Gasteiger partial charge is 0.191 e.